The van der Waals surface area contributed by atoms with Crippen LogP contribution in [0.25, 0.3) is 0 Å². The summed E-state index contributed by atoms with van der Waals surface area (Å²) in [6.45, 7) is 1.50. The molecule has 1 aliphatic heterocycles. The molecule has 2 fully saturated rings. The van der Waals surface area contributed by atoms with Crippen molar-refractivity contribution in [3.63, 3.8) is 0 Å². The lowest BCUT2D eigenvalue weighted by Gasteiger charge is -2.39. The van der Waals surface area contributed by atoms with Crippen LogP contribution in [-0.4, -0.2) is 35.0 Å². The van der Waals surface area contributed by atoms with E-state index >= 15 is 0 Å². The van der Waals surface area contributed by atoms with Gasteiger partial charge in [0.15, 0.2) is 0 Å². The largest absolute Gasteiger partial charge is 0.481 e. The lowest BCUT2D eigenvalue weighted by molar-refractivity contribution is -0.157. The van der Waals surface area contributed by atoms with E-state index in [1.165, 1.54) is 5.56 Å². The van der Waals surface area contributed by atoms with Gasteiger partial charge in [0.25, 0.3) is 0 Å². The Balaban J connectivity index is 1.56. The van der Waals surface area contributed by atoms with Crippen LogP contribution in [0, 0.1) is 11.8 Å². The number of likely N-dealkylation sites (tertiary alicyclic amines) is 1. The minimum atomic E-state index is -0.821. The van der Waals surface area contributed by atoms with Crippen molar-refractivity contribution < 1.29 is 14.7 Å². The van der Waals surface area contributed by atoms with E-state index in [4.69, 9.17) is 5.11 Å². The van der Waals surface area contributed by atoms with E-state index in [0.29, 0.717) is 12.3 Å². The van der Waals surface area contributed by atoms with E-state index in [2.05, 4.69) is 24.3 Å². The molecular formula is C17H21NO3. The molecule has 3 rings (SSSR count). The van der Waals surface area contributed by atoms with Gasteiger partial charge >= 0.3 is 5.97 Å². The van der Waals surface area contributed by atoms with E-state index < -0.39 is 11.9 Å². The van der Waals surface area contributed by atoms with Crippen molar-refractivity contribution in [1.82, 2.24) is 4.90 Å². The van der Waals surface area contributed by atoms with Crippen LogP contribution >= 0.6 is 0 Å². The summed E-state index contributed by atoms with van der Waals surface area (Å²) >= 11 is 0. The topological polar surface area (TPSA) is 57.6 Å². The van der Waals surface area contributed by atoms with Crippen LogP contribution in [0.2, 0.25) is 0 Å². The molecule has 1 amide bonds. The lowest BCUT2D eigenvalue weighted by Crippen LogP contribution is -2.48. The number of amides is 1. The van der Waals surface area contributed by atoms with Crippen molar-refractivity contribution in [2.24, 2.45) is 11.8 Å². The third-order valence-electron chi connectivity index (χ3n) is 4.99. The summed E-state index contributed by atoms with van der Waals surface area (Å²) in [5.74, 6) is -0.981. The first-order valence-corrected chi connectivity index (χ1v) is 7.73. The van der Waals surface area contributed by atoms with Crippen LogP contribution in [-0.2, 0) is 9.59 Å². The molecule has 0 spiro atoms. The zero-order valence-electron chi connectivity index (χ0n) is 12.1. The van der Waals surface area contributed by atoms with E-state index in [0.717, 1.165) is 32.4 Å². The van der Waals surface area contributed by atoms with Crippen LogP contribution < -0.4 is 0 Å². The number of hydrogen-bond acceptors (Lipinski definition) is 2. The zero-order chi connectivity index (χ0) is 14.8. The highest BCUT2D eigenvalue weighted by Gasteiger charge is 2.43. The number of rotatable bonds is 3. The SMILES string of the molecule is O=C(O)C1CCC1C(=O)N1CCC(c2ccccc2)CC1. The van der Waals surface area contributed by atoms with Crippen LogP contribution in [0.1, 0.15) is 37.2 Å². The average molecular weight is 287 g/mol. The highest BCUT2D eigenvalue weighted by Crippen LogP contribution is 2.37. The minimum Gasteiger partial charge on any atom is -0.481 e. The zero-order valence-corrected chi connectivity index (χ0v) is 12.1. The van der Waals surface area contributed by atoms with E-state index in [1.54, 1.807) is 0 Å². The van der Waals surface area contributed by atoms with Gasteiger partial charge in [-0.1, -0.05) is 30.3 Å². The van der Waals surface area contributed by atoms with E-state index in [-0.39, 0.29) is 11.8 Å². The van der Waals surface area contributed by atoms with Gasteiger partial charge in [0.2, 0.25) is 5.91 Å². The Morgan fingerprint density at radius 2 is 1.57 bits per heavy atom. The molecule has 1 saturated heterocycles. The van der Waals surface area contributed by atoms with Gasteiger partial charge in [-0.2, -0.15) is 0 Å². The Morgan fingerprint density at radius 3 is 2.10 bits per heavy atom. The summed E-state index contributed by atoms with van der Waals surface area (Å²) in [5.41, 5.74) is 1.34. The van der Waals surface area contributed by atoms with Gasteiger partial charge in [-0.25, -0.2) is 0 Å². The monoisotopic (exact) mass is 287 g/mol. The molecular weight excluding hydrogens is 266 g/mol. The van der Waals surface area contributed by atoms with Crippen molar-refractivity contribution in [2.45, 2.75) is 31.6 Å². The average Bonchev–Trinajstić information content (AvgIpc) is 2.46. The molecule has 21 heavy (non-hydrogen) atoms. The van der Waals surface area contributed by atoms with Crippen LogP contribution in [0.15, 0.2) is 30.3 Å². The Bertz CT molecular complexity index is 520. The van der Waals surface area contributed by atoms with Crippen molar-refractivity contribution in [2.75, 3.05) is 13.1 Å². The number of hydrogen-bond donors (Lipinski definition) is 1. The maximum Gasteiger partial charge on any atom is 0.307 e. The molecule has 1 heterocycles. The predicted molar refractivity (Wildman–Crippen MR) is 78.8 cm³/mol. The van der Waals surface area contributed by atoms with Crippen LogP contribution in [0.5, 0.6) is 0 Å². The summed E-state index contributed by atoms with van der Waals surface area (Å²) in [6.07, 6.45) is 3.32. The fraction of sp³-hybridized carbons (Fsp3) is 0.529. The minimum absolute atomic E-state index is 0.0557. The van der Waals surface area contributed by atoms with Gasteiger partial charge in [0.1, 0.15) is 0 Å². The second-order valence-corrected chi connectivity index (χ2v) is 6.14. The smallest absolute Gasteiger partial charge is 0.307 e. The number of carbonyl (C=O) groups is 2. The van der Waals surface area contributed by atoms with Crippen molar-refractivity contribution in [3.8, 4) is 0 Å². The van der Waals surface area contributed by atoms with E-state index in [1.807, 2.05) is 11.0 Å². The third kappa shape index (κ3) is 2.80. The third-order valence-corrected chi connectivity index (χ3v) is 4.99. The Morgan fingerprint density at radius 1 is 0.952 bits per heavy atom. The first kappa shape index (κ1) is 14.1. The number of carboxylic acid groups (broad SMARTS) is 1. The molecule has 1 saturated carbocycles. The first-order valence-electron chi connectivity index (χ1n) is 7.73. The van der Waals surface area contributed by atoms with Crippen LogP contribution in [0.3, 0.4) is 0 Å². The lowest BCUT2D eigenvalue weighted by atomic mass is 9.72. The summed E-state index contributed by atoms with van der Waals surface area (Å²) in [5, 5.41) is 9.07. The first-order chi connectivity index (χ1) is 10.2. The Kier molecular flexibility index (Phi) is 3.95. The maximum absolute atomic E-state index is 12.4. The molecule has 0 aromatic heterocycles. The van der Waals surface area contributed by atoms with Gasteiger partial charge in [-0.05, 0) is 37.2 Å². The second kappa shape index (κ2) is 5.88. The molecule has 1 aromatic rings. The molecule has 112 valence electrons. The predicted octanol–water partition coefficient (Wildman–Crippen LogP) is 2.50. The molecule has 4 nitrogen and oxygen atoms in total. The standard InChI is InChI=1S/C17H21NO3/c19-16(14-6-7-15(14)17(20)21)18-10-8-13(9-11-18)12-4-2-1-3-5-12/h1-5,13-15H,6-11H2,(H,20,21). The summed E-state index contributed by atoms with van der Waals surface area (Å²) in [6, 6.07) is 10.4. The summed E-state index contributed by atoms with van der Waals surface area (Å²) in [7, 11) is 0. The highest BCUT2D eigenvalue weighted by molar-refractivity contribution is 5.86. The normalized spacial score (nSPS) is 26.2. The summed E-state index contributed by atoms with van der Waals surface area (Å²) in [4.78, 5) is 25.3. The quantitative estimate of drug-likeness (QED) is 0.929. The molecule has 1 aromatic carbocycles. The maximum atomic E-state index is 12.4. The van der Waals surface area contributed by atoms with Crippen molar-refractivity contribution >= 4 is 11.9 Å². The van der Waals surface area contributed by atoms with Gasteiger partial charge in [-0.3, -0.25) is 9.59 Å². The number of piperidine rings is 1. The Labute approximate surface area is 124 Å². The van der Waals surface area contributed by atoms with Crippen molar-refractivity contribution in [3.05, 3.63) is 35.9 Å². The number of nitrogens with zero attached hydrogens (tertiary/aromatic N) is 1. The molecule has 2 aliphatic rings. The van der Waals surface area contributed by atoms with E-state index in [9.17, 15) is 9.59 Å². The molecule has 2 atom stereocenters. The van der Waals surface area contributed by atoms with Gasteiger partial charge in [0.05, 0.1) is 11.8 Å². The van der Waals surface area contributed by atoms with Crippen LogP contribution in [0.4, 0.5) is 0 Å². The molecule has 0 radical (unpaired) electrons. The van der Waals surface area contributed by atoms with Crippen molar-refractivity contribution in [1.29, 1.82) is 0 Å². The molecule has 4 heteroatoms. The molecule has 1 N–H and O–H groups in total. The number of aliphatic carboxylic acids is 1. The van der Waals surface area contributed by atoms with Gasteiger partial charge in [-0.15, -0.1) is 0 Å². The number of carboxylic acids is 1. The number of benzene rings is 1. The molecule has 1 aliphatic carbocycles. The Hall–Kier alpha value is -1.84. The molecule has 0 bridgehead atoms. The second-order valence-electron chi connectivity index (χ2n) is 6.14. The van der Waals surface area contributed by atoms with Gasteiger partial charge < -0.3 is 10.0 Å². The fourth-order valence-corrected chi connectivity index (χ4v) is 3.48. The van der Waals surface area contributed by atoms with Gasteiger partial charge in [0, 0.05) is 13.1 Å². The summed E-state index contributed by atoms with van der Waals surface area (Å²) < 4.78 is 0. The molecule has 2 unspecified atom stereocenters. The fourth-order valence-electron chi connectivity index (χ4n) is 3.48. The number of carbonyl (C=O) groups excluding carboxylic acids is 1. The highest BCUT2D eigenvalue weighted by atomic mass is 16.4.